The number of hydrogen-bond acceptors (Lipinski definition) is 5. The molecular formula is C24H23N3O2S. The molecule has 0 aliphatic rings. The summed E-state index contributed by atoms with van der Waals surface area (Å²) in [6.07, 6.45) is 4.15. The van der Waals surface area contributed by atoms with Gasteiger partial charge >= 0.3 is 0 Å². The minimum atomic E-state index is -0.258. The Morgan fingerprint density at radius 1 is 1.13 bits per heavy atom. The highest BCUT2D eigenvalue weighted by molar-refractivity contribution is 7.16. The third kappa shape index (κ3) is 4.44. The average Bonchev–Trinajstić information content (AvgIpc) is 3.44. The van der Waals surface area contributed by atoms with Gasteiger partial charge in [0.2, 0.25) is 0 Å². The molecule has 0 radical (unpaired) electrons. The molecule has 0 aliphatic carbocycles. The van der Waals surface area contributed by atoms with Gasteiger partial charge in [-0.05, 0) is 49.2 Å². The Morgan fingerprint density at radius 2 is 1.97 bits per heavy atom. The highest BCUT2D eigenvalue weighted by Crippen LogP contribution is 2.38. The maximum Gasteiger partial charge on any atom is 0.291 e. The highest BCUT2D eigenvalue weighted by Gasteiger charge is 2.23. The number of anilines is 2. The third-order valence-electron chi connectivity index (χ3n) is 4.81. The Labute approximate surface area is 179 Å². The molecule has 1 atom stereocenters. The van der Waals surface area contributed by atoms with Crippen molar-refractivity contribution in [2.24, 2.45) is 0 Å². The number of nitrogens with zero attached hydrogens (tertiary/aromatic N) is 1. The number of carbonyl (C=O) groups is 1. The fourth-order valence-electron chi connectivity index (χ4n) is 3.21. The number of thiophene rings is 1. The fraction of sp³-hybridized carbons (Fsp3) is 0.167. The Balaban J connectivity index is 1.74. The van der Waals surface area contributed by atoms with Crippen LogP contribution in [0.3, 0.4) is 0 Å². The minimum Gasteiger partial charge on any atom is -0.459 e. The number of benzene rings is 1. The van der Waals surface area contributed by atoms with Gasteiger partial charge in [-0.1, -0.05) is 42.8 Å². The second-order valence-corrected chi connectivity index (χ2v) is 8.12. The second-order valence-electron chi connectivity index (χ2n) is 6.99. The van der Waals surface area contributed by atoms with E-state index < -0.39 is 0 Å². The smallest absolute Gasteiger partial charge is 0.291 e. The first-order valence-electron chi connectivity index (χ1n) is 9.85. The van der Waals surface area contributed by atoms with Gasteiger partial charge in [0.1, 0.15) is 10.8 Å². The van der Waals surface area contributed by atoms with Crippen LogP contribution in [0.5, 0.6) is 0 Å². The standard InChI is InChI=1S/C24H23N3O2S/c1-3-18-15-19(24(30-18)27-23(28)20-7-6-14-29-20)22(17-11-9-16(2)10-12-17)26-21-8-4-5-13-25-21/h4-15,22H,3H2,1-2H3,(H,25,26)(H,27,28)/t22-/m0/s1. The first-order valence-corrected chi connectivity index (χ1v) is 10.7. The molecule has 0 saturated heterocycles. The summed E-state index contributed by atoms with van der Waals surface area (Å²) in [4.78, 5) is 18.3. The zero-order valence-corrected chi connectivity index (χ0v) is 17.7. The number of nitrogens with one attached hydrogen (secondary N) is 2. The molecule has 0 saturated carbocycles. The maximum absolute atomic E-state index is 12.7. The van der Waals surface area contributed by atoms with Gasteiger partial charge < -0.3 is 15.1 Å². The summed E-state index contributed by atoms with van der Waals surface area (Å²) in [5.41, 5.74) is 3.30. The van der Waals surface area contributed by atoms with Crippen LogP contribution in [-0.4, -0.2) is 10.9 Å². The van der Waals surface area contributed by atoms with E-state index in [-0.39, 0.29) is 17.7 Å². The van der Waals surface area contributed by atoms with Crippen molar-refractivity contribution in [3.05, 3.63) is 100 Å². The fourth-order valence-corrected chi connectivity index (χ4v) is 4.24. The van der Waals surface area contributed by atoms with Gasteiger partial charge in [0, 0.05) is 16.6 Å². The average molecular weight is 418 g/mol. The lowest BCUT2D eigenvalue weighted by atomic mass is 9.98. The molecule has 4 aromatic rings. The van der Waals surface area contributed by atoms with Gasteiger partial charge in [-0.3, -0.25) is 4.79 Å². The lowest BCUT2D eigenvalue weighted by Crippen LogP contribution is -2.16. The van der Waals surface area contributed by atoms with Gasteiger partial charge in [0.05, 0.1) is 12.3 Å². The molecule has 0 unspecified atom stereocenters. The molecule has 0 spiro atoms. The van der Waals surface area contributed by atoms with Crippen molar-refractivity contribution in [2.75, 3.05) is 10.6 Å². The molecule has 6 heteroatoms. The Bertz CT molecular complexity index is 1100. The monoisotopic (exact) mass is 417 g/mol. The SMILES string of the molecule is CCc1cc([C@@H](Nc2ccccn2)c2ccc(C)cc2)c(NC(=O)c2ccco2)s1. The minimum absolute atomic E-state index is 0.163. The molecule has 5 nitrogen and oxygen atoms in total. The van der Waals surface area contributed by atoms with E-state index in [1.54, 1.807) is 29.7 Å². The molecule has 1 amide bonds. The van der Waals surface area contributed by atoms with Crippen LogP contribution in [-0.2, 0) is 6.42 Å². The van der Waals surface area contributed by atoms with E-state index in [0.29, 0.717) is 0 Å². The topological polar surface area (TPSA) is 67.2 Å². The lowest BCUT2D eigenvalue weighted by Gasteiger charge is -2.21. The Morgan fingerprint density at radius 3 is 2.63 bits per heavy atom. The van der Waals surface area contributed by atoms with Crippen LogP contribution < -0.4 is 10.6 Å². The summed E-state index contributed by atoms with van der Waals surface area (Å²) in [6, 6.07) is 19.5. The summed E-state index contributed by atoms with van der Waals surface area (Å²) < 4.78 is 5.26. The van der Waals surface area contributed by atoms with Crippen LogP contribution in [0, 0.1) is 6.92 Å². The highest BCUT2D eigenvalue weighted by atomic mass is 32.1. The molecule has 30 heavy (non-hydrogen) atoms. The normalized spacial score (nSPS) is 11.8. The quantitative estimate of drug-likeness (QED) is 0.383. The summed E-state index contributed by atoms with van der Waals surface area (Å²) in [5.74, 6) is 0.804. The van der Waals surface area contributed by atoms with Crippen LogP contribution in [0.2, 0.25) is 0 Å². The van der Waals surface area contributed by atoms with E-state index in [0.717, 1.165) is 28.4 Å². The van der Waals surface area contributed by atoms with Crippen LogP contribution in [0.25, 0.3) is 0 Å². The number of amides is 1. The summed E-state index contributed by atoms with van der Waals surface area (Å²) >= 11 is 1.59. The van der Waals surface area contributed by atoms with Crippen molar-refractivity contribution in [1.29, 1.82) is 0 Å². The van der Waals surface area contributed by atoms with Crippen molar-refractivity contribution in [2.45, 2.75) is 26.3 Å². The van der Waals surface area contributed by atoms with E-state index in [9.17, 15) is 4.79 Å². The number of carbonyl (C=O) groups excluding carboxylic acids is 1. The molecule has 0 bridgehead atoms. The number of rotatable bonds is 7. The predicted octanol–water partition coefficient (Wildman–Crippen LogP) is 6.06. The number of furan rings is 1. The van der Waals surface area contributed by atoms with Crippen molar-refractivity contribution in [1.82, 2.24) is 4.98 Å². The third-order valence-corrected chi connectivity index (χ3v) is 6.02. The van der Waals surface area contributed by atoms with E-state index in [2.05, 4.69) is 59.8 Å². The maximum atomic E-state index is 12.7. The van der Waals surface area contributed by atoms with Gasteiger partial charge in [-0.2, -0.15) is 0 Å². The molecule has 0 aliphatic heterocycles. The number of pyridine rings is 1. The second kappa shape index (κ2) is 8.97. The summed E-state index contributed by atoms with van der Waals surface area (Å²) in [6.45, 7) is 4.18. The summed E-state index contributed by atoms with van der Waals surface area (Å²) in [7, 11) is 0. The van der Waals surface area contributed by atoms with E-state index >= 15 is 0 Å². The van der Waals surface area contributed by atoms with Crippen molar-refractivity contribution >= 4 is 28.1 Å². The largest absolute Gasteiger partial charge is 0.459 e. The van der Waals surface area contributed by atoms with E-state index in [1.165, 1.54) is 16.7 Å². The number of aryl methyl sites for hydroxylation is 2. The molecule has 4 rings (SSSR count). The van der Waals surface area contributed by atoms with Crippen molar-refractivity contribution < 1.29 is 9.21 Å². The van der Waals surface area contributed by atoms with Crippen molar-refractivity contribution in [3.8, 4) is 0 Å². The Kier molecular flexibility index (Phi) is 5.95. The van der Waals surface area contributed by atoms with E-state index in [1.807, 2.05) is 18.2 Å². The van der Waals surface area contributed by atoms with Crippen LogP contribution in [0.1, 0.15) is 45.1 Å². The van der Waals surface area contributed by atoms with Crippen LogP contribution in [0.4, 0.5) is 10.8 Å². The zero-order chi connectivity index (χ0) is 20.9. The number of hydrogen-bond donors (Lipinski definition) is 2. The first kappa shape index (κ1) is 19.9. The van der Waals surface area contributed by atoms with Gasteiger partial charge in [0.15, 0.2) is 5.76 Å². The van der Waals surface area contributed by atoms with Crippen LogP contribution >= 0.6 is 11.3 Å². The molecule has 1 aromatic carbocycles. The summed E-state index contributed by atoms with van der Waals surface area (Å²) in [5, 5.41) is 7.39. The van der Waals surface area contributed by atoms with Gasteiger partial charge in [-0.15, -0.1) is 11.3 Å². The van der Waals surface area contributed by atoms with Gasteiger partial charge in [0.25, 0.3) is 5.91 Å². The molecule has 0 fully saturated rings. The predicted molar refractivity (Wildman–Crippen MR) is 121 cm³/mol. The van der Waals surface area contributed by atoms with Crippen LogP contribution in [0.15, 0.2) is 77.5 Å². The van der Waals surface area contributed by atoms with Gasteiger partial charge in [-0.25, -0.2) is 4.98 Å². The molecule has 3 heterocycles. The zero-order valence-electron chi connectivity index (χ0n) is 16.9. The van der Waals surface area contributed by atoms with E-state index in [4.69, 9.17) is 4.42 Å². The lowest BCUT2D eigenvalue weighted by molar-refractivity contribution is 0.0997. The Hall–Kier alpha value is -3.38. The molecule has 2 N–H and O–H groups in total. The molecular weight excluding hydrogens is 394 g/mol. The first-order chi connectivity index (χ1) is 14.6. The molecule has 152 valence electrons. The number of aromatic nitrogens is 1. The van der Waals surface area contributed by atoms with Crippen molar-refractivity contribution in [3.63, 3.8) is 0 Å². The molecule has 3 aromatic heterocycles.